The molecular formula is C14H18N6O. The van der Waals surface area contributed by atoms with Crippen molar-refractivity contribution in [2.45, 2.75) is 18.9 Å². The van der Waals surface area contributed by atoms with Crippen molar-refractivity contribution in [2.75, 3.05) is 31.1 Å². The Balaban J connectivity index is 1.64. The molecule has 2 fully saturated rings. The van der Waals surface area contributed by atoms with E-state index in [0.29, 0.717) is 11.3 Å². The third kappa shape index (κ3) is 2.23. The summed E-state index contributed by atoms with van der Waals surface area (Å²) >= 11 is 0. The van der Waals surface area contributed by atoms with Crippen LogP contribution in [0.4, 0.5) is 5.82 Å². The molecule has 0 unspecified atom stereocenters. The van der Waals surface area contributed by atoms with E-state index < -0.39 is 0 Å². The van der Waals surface area contributed by atoms with Crippen molar-refractivity contribution in [3.05, 3.63) is 24.0 Å². The van der Waals surface area contributed by atoms with Crippen molar-refractivity contribution in [3.63, 3.8) is 0 Å². The van der Waals surface area contributed by atoms with Gasteiger partial charge in [-0.3, -0.25) is 4.79 Å². The lowest BCUT2D eigenvalue weighted by Crippen LogP contribution is -2.57. The van der Waals surface area contributed by atoms with E-state index >= 15 is 0 Å². The maximum atomic E-state index is 12.3. The predicted octanol–water partition coefficient (Wildman–Crippen LogP) is 0.0311. The number of carbonyl (C=O) groups excluding carboxylic acids is 1. The summed E-state index contributed by atoms with van der Waals surface area (Å²) < 4.78 is 1.65. The smallest absolute Gasteiger partial charge is 0.271 e. The molecule has 7 heteroatoms. The van der Waals surface area contributed by atoms with Gasteiger partial charge in [0.25, 0.3) is 5.91 Å². The fourth-order valence-corrected chi connectivity index (χ4v) is 2.78. The number of rotatable bonds is 3. The molecule has 21 heavy (non-hydrogen) atoms. The van der Waals surface area contributed by atoms with Gasteiger partial charge in [0, 0.05) is 26.2 Å². The fraction of sp³-hybridized carbons (Fsp3) is 0.500. The van der Waals surface area contributed by atoms with Gasteiger partial charge < -0.3 is 15.5 Å². The van der Waals surface area contributed by atoms with E-state index in [0.717, 1.165) is 32.0 Å². The van der Waals surface area contributed by atoms with Gasteiger partial charge >= 0.3 is 0 Å². The number of nitrogens with one attached hydrogen (secondary N) is 2. The van der Waals surface area contributed by atoms with Crippen molar-refractivity contribution >= 4 is 17.4 Å². The molecule has 0 saturated carbocycles. The molecule has 2 aromatic heterocycles. The molecule has 7 nitrogen and oxygen atoms in total. The van der Waals surface area contributed by atoms with Gasteiger partial charge in [-0.05, 0) is 25.0 Å². The van der Waals surface area contributed by atoms with Crippen LogP contribution in [0.3, 0.4) is 0 Å². The largest absolute Gasteiger partial charge is 0.355 e. The van der Waals surface area contributed by atoms with Crippen LogP contribution >= 0.6 is 0 Å². The van der Waals surface area contributed by atoms with E-state index in [9.17, 15) is 4.79 Å². The predicted molar refractivity (Wildman–Crippen MR) is 78.6 cm³/mol. The zero-order valence-electron chi connectivity index (χ0n) is 11.7. The van der Waals surface area contributed by atoms with Crippen LogP contribution in [0, 0.1) is 0 Å². The number of fused-ring (bicyclic) bond motifs is 1. The van der Waals surface area contributed by atoms with Gasteiger partial charge in [0.1, 0.15) is 5.82 Å². The molecule has 1 amide bonds. The Morgan fingerprint density at radius 1 is 1.29 bits per heavy atom. The third-order valence-corrected chi connectivity index (χ3v) is 4.13. The first-order chi connectivity index (χ1) is 10.3. The van der Waals surface area contributed by atoms with E-state index in [1.807, 2.05) is 12.1 Å². The lowest BCUT2D eigenvalue weighted by atomic mass is 10.2. The van der Waals surface area contributed by atoms with Crippen LogP contribution in [-0.4, -0.2) is 52.7 Å². The van der Waals surface area contributed by atoms with Gasteiger partial charge in [0.2, 0.25) is 0 Å². The zero-order valence-corrected chi connectivity index (χ0v) is 11.7. The Labute approximate surface area is 122 Å². The molecular weight excluding hydrogens is 268 g/mol. The molecule has 0 bridgehead atoms. The van der Waals surface area contributed by atoms with Crippen LogP contribution in [0.25, 0.3) is 5.65 Å². The summed E-state index contributed by atoms with van der Waals surface area (Å²) in [5.74, 6) is 0.803. The number of carbonyl (C=O) groups is 1. The fourth-order valence-electron chi connectivity index (χ4n) is 2.78. The Kier molecular flexibility index (Phi) is 2.99. The minimum atomic E-state index is -0.111. The quantitative estimate of drug-likeness (QED) is 0.833. The summed E-state index contributed by atoms with van der Waals surface area (Å²) in [5.41, 5.74) is 1.20. The SMILES string of the molecule is O=C(NC1CNC1)c1cnc2ccc(N3CCCC3)nn12. The second-order valence-electron chi connectivity index (χ2n) is 5.63. The number of imidazole rings is 1. The van der Waals surface area contributed by atoms with Gasteiger partial charge in [-0.25, -0.2) is 9.50 Å². The molecule has 2 aliphatic heterocycles. The number of anilines is 1. The van der Waals surface area contributed by atoms with Crippen molar-refractivity contribution < 1.29 is 4.79 Å². The van der Waals surface area contributed by atoms with Crippen LogP contribution in [0.15, 0.2) is 18.3 Å². The highest BCUT2D eigenvalue weighted by molar-refractivity contribution is 5.93. The number of hydrogen-bond acceptors (Lipinski definition) is 5. The van der Waals surface area contributed by atoms with Gasteiger partial charge in [-0.2, -0.15) is 0 Å². The molecule has 2 N–H and O–H groups in total. The Bertz CT molecular complexity index is 671. The molecule has 110 valence electrons. The van der Waals surface area contributed by atoms with Gasteiger partial charge in [-0.15, -0.1) is 5.10 Å². The highest BCUT2D eigenvalue weighted by atomic mass is 16.2. The topological polar surface area (TPSA) is 74.6 Å². The summed E-state index contributed by atoms with van der Waals surface area (Å²) in [6, 6.07) is 4.11. The van der Waals surface area contributed by atoms with Gasteiger partial charge in [-0.1, -0.05) is 0 Å². The number of hydrogen-bond donors (Lipinski definition) is 2. The summed E-state index contributed by atoms with van der Waals surface area (Å²) in [6.07, 6.45) is 3.99. The first kappa shape index (κ1) is 12.6. The second-order valence-corrected chi connectivity index (χ2v) is 5.63. The molecule has 0 aliphatic carbocycles. The average Bonchev–Trinajstić information content (AvgIpc) is 3.10. The number of nitrogens with zero attached hydrogens (tertiary/aromatic N) is 4. The van der Waals surface area contributed by atoms with Crippen molar-refractivity contribution in [1.82, 2.24) is 25.2 Å². The van der Waals surface area contributed by atoms with Crippen LogP contribution < -0.4 is 15.5 Å². The number of aromatic nitrogens is 3. The van der Waals surface area contributed by atoms with Crippen LogP contribution in [0.2, 0.25) is 0 Å². The van der Waals surface area contributed by atoms with Gasteiger partial charge in [0.15, 0.2) is 11.3 Å². The van der Waals surface area contributed by atoms with E-state index in [1.165, 1.54) is 12.8 Å². The molecule has 0 atom stereocenters. The first-order valence-corrected chi connectivity index (χ1v) is 7.42. The van der Waals surface area contributed by atoms with Crippen molar-refractivity contribution in [2.24, 2.45) is 0 Å². The minimum absolute atomic E-state index is 0.111. The standard InChI is InChI=1S/C14H18N6O/c21-14(17-10-7-15-8-10)11-9-16-12-3-4-13(18-20(11)12)19-5-1-2-6-19/h3-4,9-10,15H,1-2,5-8H2,(H,17,21). The third-order valence-electron chi connectivity index (χ3n) is 4.13. The van der Waals surface area contributed by atoms with E-state index in [2.05, 4.69) is 25.6 Å². The van der Waals surface area contributed by atoms with Crippen molar-refractivity contribution in [1.29, 1.82) is 0 Å². The average molecular weight is 286 g/mol. The monoisotopic (exact) mass is 286 g/mol. The number of amides is 1. The van der Waals surface area contributed by atoms with Crippen LogP contribution in [0.5, 0.6) is 0 Å². The molecule has 0 aromatic carbocycles. The molecule has 2 aliphatic rings. The molecule has 4 rings (SSSR count). The highest BCUT2D eigenvalue weighted by Crippen LogP contribution is 2.18. The maximum absolute atomic E-state index is 12.3. The summed E-state index contributed by atoms with van der Waals surface area (Å²) in [4.78, 5) is 18.8. The minimum Gasteiger partial charge on any atom is -0.355 e. The summed E-state index contributed by atoms with van der Waals surface area (Å²) in [7, 11) is 0. The van der Waals surface area contributed by atoms with E-state index in [1.54, 1.807) is 10.7 Å². The second kappa shape index (κ2) is 5.00. The molecule has 0 radical (unpaired) electrons. The van der Waals surface area contributed by atoms with Crippen LogP contribution in [-0.2, 0) is 0 Å². The normalized spacial score (nSPS) is 19.0. The summed E-state index contributed by atoms with van der Waals surface area (Å²) in [5, 5.41) is 10.7. The highest BCUT2D eigenvalue weighted by Gasteiger charge is 2.22. The van der Waals surface area contributed by atoms with Crippen molar-refractivity contribution in [3.8, 4) is 0 Å². The Hall–Kier alpha value is -2.15. The molecule has 0 spiro atoms. The zero-order chi connectivity index (χ0) is 14.2. The van der Waals surface area contributed by atoms with E-state index in [4.69, 9.17) is 0 Å². The lowest BCUT2D eigenvalue weighted by Gasteiger charge is -2.27. The molecule has 2 saturated heterocycles. The van der Waals surface area contributed by atoms with E-state index in [-0.39, 0.29) is 11.9 Å². The van der Waals surface area contributed by atoms with Crippen LogP contribution in [0.1, 0.15) is 23.3 Å². The Morgan fingerprint density at radius 2 is 2.10 bits per heavy atom. The first-order valence-electron chi connectivity index (χ1n) is 7.42. The summed E-state index contributed by atoms with van der Waals surface area (Å²) in [6.45, 7) is 3.72. The molecule has 4 heterocycles. The lowest BCUT2D eigenvalue weighted by molar-refractivity contribution is 0.0917. The Morgan fingerprint density at radius 3 is 2.81 bits per heavy atom. The maximum Gasteiger partial charge on any atom is 0.271 e. The molecule has 2 aromatic rings. The van der Waals surface area contributed by atoms with Gasteiger partial charge in [0.05, 0.1) is 12.2 Å².